The topological polar surface area (TPSA) is 97.6 Å². The molecule has 0 saturated heterocycles. The van der Waals surface area contributed by atoms with Crippen LogP contribution in [-0.4, -0.2) is 72.1 Å². The fourth-order valence-electron chi connectivity index (χ4n) is 1.56. The molecule has 0 bridgehead atoms. The summed E-state index contributed by atoms with van der Waals surface area (Å²) in [7, 11) is 3.70. The SMILES string of the molecule is CCCNc1nc(N(C)C)nc(N(CCO)CCO)n1. The lowest BCUT2D eigenvalue weighted by atomic mass is 10.5. The molecule has 0 aliphatic rings. The minimum atomic E-state index is -0.0271. The van der Waals surface area contributed by atoms with Crippen LogP contribution >= 0.6 is 0 Å². The second kappa shape index (κ2) is 8.49. The molecule has 0 aliphatic carbocycles. The van der Waals surface area contributed by atoms with E-state index in [1.807, 2.05) is 14.1 Å². The molecular formula is C12H24N6O2. The maximum Gasteiger partial charge on any atom is 0.232 e. The van der Waals surface area contributed by atoms with E-state index in [-0.39, 0.29) is 13.2 Å². The van der Waals surface area contributed by atoms with Crippen molar-refractivity contribution < 1.29 is 10.2 Å². The summed E-state index contributed by atoms with van der Waals surface area (Å²) in [6, 6.07) is 0. The van der Waals surface area contributed by atoms with Gasteiger partial charge in [0.25, 0.3) is 0 Å². The third-order valence-electron chi connectivity index (χ3n) is 2.57. The van der Waals surface area contributed by atoms with Crippen LogP contribution in [0.1, 0.15) is 13.3 Å². The first kappa shape index (κ1) is 16.4. The summed E-state index contributed by atoms with van der Waals surface area (Å²) in [6.07, 6.45) is 0.968. The monoisotopic (exact) mass is 284 g/mol. The number of hydrogen-bond acceptors (Lipinski definition) is 8. The van der Waals surface area contributed by atoms with Gasteiger partial charge >= 0.3 is 0 Å². The first-order valence-electron chi connectivity index (χ1n) is 6.76. The van der Waals surface area contributed by atoms with Crippen LogP contribution in [0.25, 0.3) is 0 Å². The molecule has 114 valence electrons. The summed E-state index contributed by atoms with van der Waals surface area (Å²) < 4.78 is 0. The first-order valence-corrected chi connectivity index (χ1v) is 6.76. The van der Waals surface area contributed by atoms with Crippen LogP contribution in [0.4, 0.5) is 17.8 Å². The number of hydrogen-bond donors (Lipinski definition) is 3. The van der Waals surface area contributed by atoms with Gasteiger partial charge in [0.15, 0.2) is 0 Å². The molecule has 0 fully saturated rings. The zero-order valence-corrected chi connectivity index (χ0v) is 12.4. The molecular weight excluding hydrogens is 260 g/mol. The number of aliphatic hydroxyl groups is 2. The molecule has 0 aromatic carbocycles. The summed E-state index contributed by atoms with van der Waals surface area (Å²) in [5, 5.41) is 21.3. The van der Waals surface area contributed by atoms with E-state index in [2.05, 4.69) is 27.2 Å². The summed E-state index contributed by atoms with van der Waals surface area (Å²) in [4.78, 5) is 16.5. The van der Waals surface area contributed by atoms with Gasteiger partial charge in [0, 0.05) is 33.7 Å². The third-order valence-corrected chi connectivity index (χ3v) is 2.57. The molecule has 1 aromatic rings. The van der Waals surface area contributed by atoms with Crippen molar-refractivity contribution >= 4 is 17.8 Å². The summed E-state index contributed by atoms with van der Waals surface area (Å²) in [5.41, 5.74) is 0. The summed E-state index contributed by atoms with van der Waals surface area (Å²) >= 11 is 0. The predicted molar refractivity (Wildman–Crippen MR) is 79.3 cm³/mol. The van der Waals surface area contributed by atoms with Crippen molar-refractivity contribution in [3.05, 3.63) is 0 Å². The van der Waals surface area contributed by atoms with Gasteiger partial charge in [0.2, 0.25) is 17.8 Å². The van der Waals surface area contributed by atoms with Crippen molar-refractivity contribution in [1.29, 1.82) is 0 Å². The van der Waals surface area contributed by atoms with E-state index in [4.69, 9.17) is 10.2 Å². The molecule has 3 N–H and O–H groups in total. The van der Waals surface area contributed by atoms with Gasteiger partial charge in [-0.3, -0.25) is 0 Å². The fourth-order valence-corrected chi connectivity index (χ4v) is 1.56. The number of aliphatic hydroxyl groups excluding tert-OH is 2. The molecule has 0 unspecified atom stereocenters. The van der Waals surface area contributed by atoms with Crippen molar-refractivity contribution in [1.82, 2.24) is 15.0 Å². The number of anilines is 3. The first-order chi connectivity index (χ1) is 9.62. The molecule has 0 radical (unpaired) electrons. The second-order valence-electron chi connectivity index (χ2n) is 4.51. The minimum Gasteiger partial charge on any atom is -0.395 e. The number of rotatable bonds is 9. The van der Waals surface area contributed by atoms with Gasteiger partial charge in [0.1, 0.15) is 0 Å². The van der Waals surface area contributed by atoms with E-state index < -0.39 is 0 Å². The van der Waals surface area contributed by atoms with E-state index in [0.29, 0.717) is 30.9 Å². The van der Waals surface area contributed by atoms with Crippen LogP contribution in [0.5, 0.6) is 0 Å². The number of aromatic nitrogens is 3. The largest absolute Gasteiger partial charge is 0.395 e. The highest BCUT2D eigenvalue weighted by atomic mass is 16.3. The van der Waals surface area contributed by atoms with Gasteiger partial charge in [-0.2, -0.15) is 15.0 Å². The van der Waals surface area contributed by atoms with Crippen LogP contribution in [0.3, 0.4) is 0 Å². The Kier molecular flexibility index (Phi) is 6.96. The van der Waals surface area contributed by atoms with Crippen LogP contribution in [0.15, 0.2) is 0 Å². The molecule has 20 heavy (non-hydrogen) atoms. The Labute approximate surface area is 119 Å². The normalized spacial score (nSPS) is 10.4. The molecule has 8 nitrogen and oxygen atoms in total. The van der Waals surface area contributed by atoms with Crippen LogP contribution in [0.2, 0.25) is 0 Å². The number of nitrogens with zero attached hydrogens (tertiary/aromatic N) is 5. The highest BCUT2D eigenvalue weighted by Gasteiger charge is 2.13. The van der Waals surface area contributed by atoms with Gasteiger partial charge in [-0.25, -0.2) is 0 Å². The third kappa shape index (κ3) is 4.78. The Morgan fingerprint density at radius 1 is 1.00 bits per heavy atom. The fraction of sp³-hybridized carbons (Fsp3) is 0.750. The standard InChI is InChI=1S/C12H24N6O2/c1-4-5-13-10-14-11(17(2)3)16-12(15-10)18(6-8-19)7-9-20/h19-20H,4-9H2,1-3H3,(H,13,14,15,16). The van der Waals surface area contributed by atoms with Crippen molar-refractivity contribution in [2.24, 2.45) is 0 Å². The van der Waals surface area contributed by atoms with E-state index >= 15 is 0 Å². The van der Waals surface area contributed by atoms with E-state index in [9.17, 15) is 0 Å². The van der Waals surface area contributed by atoms with Gasteiger partial charge in [-0.1, -0.05) is 6.92 Å². The smallest absolute Gasteiger partial charge is 0.232 e. The van der Waals surface area contributed by atoms with Gasteiger partial charge in [0.05, 0.1) is 13.2 Å². The lowest BCUT2D eigenvalue weighted by molar-refractivity contribution is 0.280. The molecule has 0 aliphatic heterocycles. The Morgan fingerprint density at radius 3 is 2.10 bits per heavy atom. The van der Waals surface area contributed by atoms with Crippen molar-refractivity contribution in [3.63, 3.8) is 0 Å². The Balaban J connectivity index is 3.04. The Hall–Kier alpha value is -1.67. The van der Waals surface area contributed by atoms with Gasteiger partial charge < -0.3 is 25.3 Å². The lowest BCUT2D eigenvalue weighted by Gasteiger charge is -2.22. The molecule has 0 spiro atoms. The Bertz CT molecular complexity index is 396. The molecule has 1 rings (SSSR count). The molecule has 1 heterocycles. The van der Waals surface area contributed by atoms with E-state index in [0.717, 1.165) is 13.0 Å². The summed E-state index contributed by atoms with van der Waals surface area (Å²) in [6.45, 7) is 3.51. The lowest BCUT2D eigenvalue weighted by Crippen LogP contribution is -2.32. The second-order valence-corrected chi connectivity index (χ2v) is 4.51. The highest BCUT2D eigenvalue weighted by Crippen LogP contribution is 2.15. The van der Waals surface area contributed by atoms with Gasteiger partial charge in [-0.05, 0) is 6.42 Å². The molecule has 0 saturated carbocycles. The zero-order valence-electron chi connectivity index (χ0n) is 12.4. The van der Waals surface area contributed by atoms with Crippen LogP contribution in [-0.2, 0) is 0 Å². The Morgan fingerprint density at radius 2 is 1.60 bits per heavy atom. The summed E-state index contributed by atoms with van der Waals surface area (Å²) in [5.74, 6) is 1.49. The molecule has 0 atom stereocenters. The molecule has 8 heteroatoms. The van der Waals surface area contributed by atoms with Crippen molar-refractivity contribution in [2.75, 3.05) is 62.1 Å². The quantitative estimate of drug-likeness (QED) is 0.561. The molecule has 0 amide bonds. The zero-order chi connectivity index (χ0) is 15.0. The van der Waals surface area contributed by atoms with Gasteiger partial charge in [-0.15, -0.1) is 0 Å². The number of nitrogens with one attached hydrogen (secondary N) is 1. The maximum atomic E-state index is 9.09. The highest BCUT2D eigenvalue weighted by molar-refractivity contribution is 5.44. The van der Waals surface area contributed by atoms with Crippen molar-refractivity contribution in [2.45, 2.75) is 13.3 Å². The van der Waals surface area contributed by atoms with E-state index in [1.54, 1.807) is 9.80 Å². The maximum absolute atomic E-state index is 9.09. The van der Waals surface area contributed by atoms with Crippen LogP contribution in [0, 0.1) is 0 Å². The van der Waals surface area contributed by atoms with Crippen molar-refractivity contribution in [3.8, 4) is 0 Å². The molecule has 1 aromatic heterocycles. The average molecular weight is 284 g/mol. The average Bonchev–Trinajstić information content (AvgIpc) is 2.44. The van der Waals surface area contributed by atoms with E-state index in [1.165, 1.54) is 0 Å². The van der Waals surface area contributed by atoms with Crippen LogP contribution < -0.4 is 15.1 Å². The predicted octanol–water partition coefficient (Wildman–Crippen LogP) is -0.449. The minimum absolute atomic E-state index is 0.0271.